The third-order valence-corrected chi connectivity index (χ3v) is 4.62. The highest BCUT2D eigenvalue weighted by Crippen LogP contribution is 2.37. The fourth-order valence-electron chi connectivity index (χ4n) is 3.12. The second kappa shape index (κ2) is 6.07. The Balaban J connectivity index is 1.84. The van der Waals surface area contributed by atoms with Crippen LogP contribution < -0.4 is 5.32 Å². The molecule has 0 unspecified atom stereocenters. The van der Waals surface area contributed by atoms with Crippen LogP contribution in [0.4, 0.5) is 0 Å². The van der Waals surface area contributed by atoms with Gasteiger partial charge in [0.2, 0.25) is 0 Å². The number of aromatic hydroxyl groups is 3. The van der Waals surface area contributed by atoms with Crippen molar-refractivity contribution in [2.45, 2.75) is 12.3 Å². The first kappa shape index (κ1) is 15.0. The number of hydrogen-bond acceptors (Lipinski definition) is 4. The number of phenols is 3. The molecule has 0 aliphatic carbocycles. The molecule has 3 rings (SSSR count). The lowest BCUT2D eigenvalue weighted by atomic mass is 9.84. The van der Waals surface area contributed by atoms with Crippen LogP contribution in [0.5, 0.6) is 17.2 Å². The molecule has 1 aliphatic rings. The standard InChI is InChI=1S/C17H18ClNO3/c18-14-3-1-2-11(17(14)22)6-12-8-19-9-13(12)10-4-5-15(20)16(21)7-10/h1-5,7,12-13,19-22H,6,8-9H2/t12-,13+/m0/s1. The molecule has 1 aliphatic heterocycles. The highest BCUT2D eigenvalue weighted by molar-refractivity contribution is 6.32. The predicted molar refractivity (Wildman–Crippen MR) is 85.7 cm³/mol. The van der Waals surface area contributed by atoms with Gasteiger partial charge in [0, 0.05) is 12.5 Å². The van der Waals surface area contributed by atoms with E-state index in [1.54, 1.807) is 12.1 Å². The van der Waals surface area contributed by atoms with E-state index in [0.717, 1.165) is 24.2 Å². The lowest BCUT2D eigenvalue weighted by molar-refractivity contribution is 0.401. The van der Waals surface area contributed by atoms with Crippen LogP contribution >= 0.6 is 11.6 Å². The van der Waals surface area contributed by atoms with E-state index in [0.29, 0.717) is 11.4 Å². The van der Waals surface area contributed by atoms with Crippen LogP contribution in [0.15, 0.2) is 36.4 Å². The summed E-state index contributed by atoms with van der Waals surface area (Å²) in [5.41, 5.74) is 1.81. The van der Waals surface area contributed by atoms with E-state index in [4.69, 9.17) is 11.6 Å². The Hall–Kier alpha value is -1.91. The van der Waals surface area contributed by atoms with Crippen molar-refractivity contribution in [1.82, 2.24) is 5.32 Å². The summed E-state index contributed by atoms with van der Waals surface area (Å²) in [6.45, 7) is 1.63. The van der Waals surface area contributed by atoms with Gasteiger partial charge in [-0.1, -0.05) is 29.8 Å². The third kappa shape index (κ3) is 2.85. The molecule has 0 saturated carbocycles. The molecule has 0 amide bonds. The Morgan fingerprint density at radius 1 is 1.05 bits per heavy atom. The summed E-state index contributed by atoms with van der Waals surface area (Å²) >= 11 is 5.96. The third-order valence-electron chi connectivity index (χ3n) is 4.32. The normalized spacial score (nSPS) is 21.1. The molecule has 0 bridgehead atoms. The molecule has 0 radical (unpaired) electrons. The quantitative estimate of drug-likeness (QED) is 0.656. The summed E-state index contributed by atoms with van der Waals surface area (Å²) in [4.78, 5) is 0. The first-order valence-electron chi connectivity index (χ1n) is 7.25. The minimum Gasteiger partial charge on any atom is -0.506 e. The molecule has 1 fully saturated rings. The van der Waals surface area contributed by atoms with Gasteiger partial charge >= 0.3 is 0 Å². The first-order chi connectivity index (χ1) is 10.6. The van der Waals surface area contributed by atoms with Gasteiger partial charge in [0.25, 0.3) is 0 Å². The molecule has 1 saturated heterocycles. The molecular weight excluding hydrogens is 302 g/mol. The minimum absolute atomic E-state index is 0.103. The highest BCUT2D eigenvalue weighted by atomic mass is 35.5. The molecule has 2 aromatic carbocycles. The van der Waals surface area contributed by atoms with Crippen LogP contribution in [0.2, 0.25) is 5.02 Å². The predicted octanol–water partition coefficient (Wildman–Crippen LogP) is 3.00. The molecule has 2 aromatic rings. The summed E-state index contributed by atoms with van der Waals surface area (Å²) in [7, 11) is 0. The van der Waals surface area contributed by atoms with Gasteiger partial charge in [0.05, 0.1) is 5.02 Å². The zero-order valence-electron chi connectivity index (χ0n) is 12.0. The van der Waals surface area contributed by atoms with Crippen molar-refractivity contribution < 1.29 is 15.3 Å². The van der Waals surface area contributed by atoms with Crippen molar-refractivity contribution in [1.29, 1.82) is 0 Å². The number of nitrogens with one attached hydrogen (secondary N) is 1. The summed E-state index contributed by atoms with van der Waals surface area (Å²) in [5.74, 6) is 0.425. The molecule has 0 spiro atoms. The van der Waals surface area contributed by atoms with E-state index in [-0.39, 0.29) is 29.1 Å². The van der Waals surface area contributed by atoms with Gasteiger partial charge in [-0.05, 0) is 48.2 Å². The molecule has 0 aromatic heterocycles. The van der Waals surface area contributed by atoms with Gasteiger partial charge in [0.15, 0.2) is 11.5 Å². The van der Waals surface area contributed by atoms with Gasteiger partial charge in [-0.25, -0.2) is 0 Å². The topological polar surface area (TPSA) is 72.7 Å². The van der Waals surface area contributed by atoms with Gasteiger partial charge in [-0.15, -0.1) is 0 Å². The highest BCUT2D eigenvalue weighted by Gasteiger charge is 2.29. The van der Waals surface area contributed by atoms with E-state index in [9.17, 15) is 15.3 Å². The minimum atomic E-state index is -0.112. The van der Waals surface area contributed by atoms with Crippen LogP contribution in [-0.2, 0) is 6.42 Å². The van der Waals surface area contributed by atoms with Crippen molar-refractivity contribution >= 4 is 11.6 Å². The zero-order chi connectivity index (χ0) is 15.7. The van der Waals surface area contributed by atoms with Crippen molar-refractivity contribution in [2.24, 2.45) is 5.92 Å². The van der Waals surface area contributed by atoms with Crippen molar-refractivity contribution in [3.63, 3.8) is 0 Å². The van der Waals surface area contributed by atoms with E-state index in [2.05, 4.69) is 5.32 Å². The van der Waals surface area contributed by atoms with Crippen molar-refractivity contribution in [3.8, 4) is 17.2 Å². The number of hydrogen-bond donors (Lipinski definition) is 4. The van der Waals surface area contributed by atoms with Crippen LogP contribution in [0, 0.1) is 5.92 Å². The largest absolute Gasteiger partial charge is 0.506 e. The Labute approximate surface area is 134 Å². The summed E-state index contributed by atoms with van der Waals surface area (Å²) in [6.07, 6.45) is 0.700. The van der Waals surface area contributed by atoms with Gasteiger partial charge in [0.1, 0.15) is 5.75 Å². The Morgan fingerprint density at radius 3 is 2.64 bits per heavy atom. The van der Waals surface area contributed by atoms with Crippen LogP contribution in [-0.4, -0.2) is 28.4 Å². The van der Waals surface area contributed by atoms with E-state index >= 15 is 0 Å². The van der Waals surface area contributed by atoms with E-state index in [1.165, 1.54) is 6.07 Å². The maximum Gasteiger partial charge on any atom is 0.157 e. The van der Waals surface area contributed by atoms with Crippen molar-refractivity contribution in [3.05, 3.63) is 52.5 Å². The summed E-state index contributed by atoms with van der Waals surface area (Å²) in [5, 5.41) is 32.9. The number of phenolic OH excluding ortho intramolecular Hbond substituents is 3. The maximum absolute atomic E-state index is 10.1. The average molecular weight is 320 g/mol. The number of halogens is 1. The number of para-hydroxylation sites is 1. The molecule has 22 heavy (non-hydrogen) atoms. The van der Waals surface area contributed by atoms with Crippen LogP contribution in [0.25, 0.3) is 0 Å². The second-order valence-corrected chi connectivity index (χ2v) is 6.13. The monoisotopic (exact) mass is 319 g/mol. The van der Waals surface area contributed by atoms with E-state index < -0.39 is 0 Å². The average Bonchev–Trinajstić information content (AvgIpc) is 2.95. The first-order valence-corrected chi connectivity index (χ1v) is 7.63. The zero-order valence-corrected chi connectivity index (χ0v) is 12.7. The number of rotatable bonds is 3. The molecule has 5 heteroatoms. The Kier molecular flexibility index (Phi) is 4.14. The fourth-order valence-corrected chi connectivity index (χ4v) is 3.31. The lowest BCUT2D eigenvalue weighted by Crippen LogP contribution is -2.14. The molecular formula is C17H18ClNO3. The molecule has 1 heterocycles. The molecule has 4 N–H and O–H groups in total. The van der Waals surface area contributed by atoms with E-state index in [1.807, 2.05) is 18.2 Å². The molecule has 4 nitrogen and oxygen atoms in total. The molecule has 2 atom stereocenters. The van der Waals surface area contributed by atoms with Gasteiger partial charge < -0.3 is 20.6 Å². The Bertz CT molecular complexity index is 690. The van der Waals surface area contributed by atoms with Crippen LogP contribution in [0.1, 0.15) is 17.0 Å². The van der Waals surface area contributed by atoms with Gasteiger partial charge in [-0.3, -0.25) is 0 Å². The SMILES string of the molecule is Oc1ccc([C@H]2CNC[C@@H]2Cc2cccc(Cl)c2O)cc1O. The summed E-state index contributed by atoms with van der Waals surface area (Å²) < 4.78 is 0. The fraction of sp³-hybridized carbons (Fsp3) is 0.294. The second-order valence-electron chi connectivity index (χ2n) is 5.72. The number of benzene rings is 2. The Morgan fingerprint density at radius 2 is 1.86 bits per heavy atom. The smallest absolute Gasteiger partial charge is 0.157 e. The maximum atomic E-state index is 10.1. The molecule has 116 valence electrons. The lowest BCUT2D eigenvalue weighted by Gasteiger charge is -2.20. The van der Waals surface area contributed by atoms with Gasteiger partial charge in [-0.2, -0.15) is 0 Å². The van der Waals surface area contributed by atoms with Crippen LogP contribution in [0.3, 0.4) is 0 Å². The van der Waals surface area contributed by atoms with Crippen molar-refractivity contribution in [2.75, 3.05) is 13.1 Å². The summed E-state index contributed by atoms with van der Waals surface area (Å²) in [6, 6.07) is 10.3.